The molecule has 0 amide bonds. The van der Waals surface area contributed by atoms with Crippen molar-refractivity contribution >= 4 is 11.8 Å². The predicted octanol–water partition coefficient (Wildman–Crippen LogP) is 3.52. The van der Waals surface area contributed by atoms with Crippen molar-refractivity contribution in [3.63, 3.8) is 0 Å². The first-order valence-electron chi connectivity index (χ1n) is 4.47. The monoisotopic (exact) mass is 179 g/mol. The largest absolute Gasteiger partial charge is 0.157 e. The standard InChI is InChI=1S/C11H15S/c1-2-3-9-12-10-11-7-5-4-6-8-11/h4-7H,2-3,9-10H2,1H3. The summed E-state index contributed by atoms with van der Waals surface area (Å²) in [6.07, 6.45) is 2.63. The molecule has 65 valence electrons. The van der Waals surface area contributed by atoms with Gasteiger partial charge in [-0.1, -0.05) is 37.6 Å². The molecule has 0 saturated carbocycles. The Kier molecular flexibility index (Phi) is 4.93. The zero-order chi connectivity index (χ0) is 8.65. The molecule has 0 unspecified atom stereocenters. The molecule has 0 aromatic heterocycles. The Balaban J connectivity index is 2.16. The van der Waals surface area contributed by atoms with Gasteiger partial charge >= 0.3 is 0 Å². The second-order valence-electron chi connectivity index (χ2n) is 2.79. The summed E-state index contributed by atoms with van der Waals surface area (Å²) in [7, 11) is 0. The summed E-state index contributed by atoms with van der Waals surface area (Å²) < 4.78 is 0. The molecule has 1 aromatic rings. The van der Waals surface area contributed by atoms with E-state index in [1.807, 2.05) is 23.9 Å². The second kappa shape index (κ2) is 6.13. The maximum absolute atomic E-state index is 3.22. The van der Waals surface area contributed by atoms with Crippen molar-refractivity contribution in [3.8, 4) is 0 Å². The highest BCUT2D eigenvalue weighted by Crippen LogP contribution is 2.12. The van der Waals surface area contributed by atoms with Crippen LogP contribution in [0.25, 0.3) is 0 Å². The SMILES string of the molecule is CCCCSCc1[c]cccc1. The smallest absolute Gasteiger partial charge is 0.0190 e. The molecule has 0 nitrogen and oxygen atoms in total. The Morgan fingerprint density at radius 1 is 1.42 bits per heavy atom. The highest BCUT2D eigenvalue weighted by atomic mass is 32.2. The average molecular weight is 179 g/mol. The molecule has 1 aromatic carbocycles. The van der Waals surface area contributed by atoms with E-state index in [9.17, 15) is 0 Å². The zero-order valence-electron chi connectivity index (χ0n) is 7.55. The van der Waals surface area contributed by atoms with E-state index in [1.54, 1.807) is 0 Å². The van der Waals surface area contributed by atoms with Crippen LogP contribution in [0.5, 0.6) is 0 Å². The Morgan fingerprint density at radius 2 is 2.33 bits per heavy atom. The van der Waals surface area contributed by atoms with Gasteiger partial charge in [-0.3, -0.25) is 0 Å². The van der Waals surface area contributed by atoms with Crippen LogP contribution in [0, 0.1) is 6.07 Å². The van der Waals surface area contributed by atoms with E-state index < -0.39 is 0 Å². The maximum atomic E-state index is 3.22. The quantitative estimate of drug-likeness (QED) is 0.623. The fourth-order valence-electron chi connectivity index (χ4n) is 0.949. The van der Waals surface area contributed by atoms with Gasteiger partial charge in [0, 0.05) is 5.75 Å². The van der Waals surface area contributed by atoms with E-state index in [-0.39, 0.29) is 0 Å². The minimum atomic E-state index is 1.11. The van der Waals surface area contributed by atoms with Crippen LogP contribution in [0.3, 0.4) is 0 Å². The van der Waals surface area contributed by atoms with Gasteiger partial charge < -0.3 is 0 Å². The molecule has 0 heterocycles. The normalized spacial score (nSPS) is 10.1. The van der Waals surface area contributed by atoms with E-state index in [0.717, 1.165) is 5.75 Å². The summed E-state index contributed by atoms with van der Waals surface area (Å²) >= 11 is 2.00. The number of rotatable bonds is 5. The van der Waals surface area contributed by atoms with Gasteiger partial charge in [-0.25, -0.2) is 0 Å². The van der Waals surface area contributed by atoms with Gasteiger partial charge in [0.2, 0.25) is 0 Å². The van der Waals surface area contributed by atoms with Gasteiger partial charge in [0.15, 0.2) is 0 Å². The van der Waals surface area contributed by atoms with Crippen LogP contribution < -0.4 is 0 Å². The first kappa shape index (κ1) is 9.66. The van der Waals surface area contributed by atoms with Crippen molar-refractivity contribution in [1.82, 2.24) is 0 Å². The topological polar surface area (TPSA) is 0 Å². The van der Waals surface area contributed by atoms with Crippen molar-refractivity contribution in [2.24, 2.45) is 0 Å². The van der Waals surface area contributed by atoms with Crippen LogP contribution in [0.4, 0.5) is 0 Å². The molecule has 1 radical (unpaired) electrons. The Morgan fingerprint density at radius 3 is 3.00 bits per heavy atom. The molecule has 0 aliphatic heterocycles. The minimum Gasteiger partial charge on any atom is -0.157 e. The fraction of sp³-hybridized carbons (Fsp3) is 0.455. The number of benzene rings is 1. The Bertz CT molecular complexity index is 193. The third-order valence-corrected chi connectivity index (χ3v) is 2.77. The van der Waals surface area contributed by atoms with E-state index in [0.29, 0.717) is 0 Å². The highest BCUT2D eigenvalue weighted by molar-refractivity contribution is 7.98. The third-order valence-electron chi connectivity index (χ3n) is 1.67. The number of unbranched alkanes of at least 4 members (excludes halogenated alkanes) is 1. The zero-order valence-corrected chi connectivity index (χ0v) is 8.36. The molecule has 0 aliphatic rings. The Hall–Kier alpha value is -0.430. The summed E-state index contributed by atoms with van der Waals surface area (Å²) in [5, 5.41) is 0. The van der Waals surface area contributed by atoms with E-state index in [1.165, 1.54) is 24.2 Å². The summed E-state index contributed by atoms with van der Waals surface area (Å²) in [6.45, 7) is 2.23. The van der Waals surface area contributed by atoms with Crippen LogP contribution in [-0.2, 0) is 5.75 Å². The van der Waals surface area contributed by atoms with Gasteiger partial charge in [-0.05, 0) is 23.8 Å². The van der Waals surface area contributed by atoms with Crippen LogP contribution in [0.2, 0.25) is 0 Å². The summed E-state index contributed by atoms with van der Waals surface area (Å²) in [5.41, 5.74) is 1.32. The maximum Gasteiger partial charge on any atom is 0.0190 e. The first-order valence-corrected chi connectivity index (χ1v) is 5.62. The second-order valence-corrected chi connectivity index (χ2v) is 3.90. The molecule has 0 spiro atoms. The molecule has 1 heteroatoms. The van der Waals surface area contributed by atoms with Gasteiger partial charge in [0.25, 0.3) is 0 Å². The van der Waals surface area contributed by atoms with Crippen molar-refractivity contribution in [3.05, 3.63) is 35.9 Å². The van der Waals surface area contributed by atoms with Gasteiger partial charge in [-0.15, -0.1) is 0 Å². The molecular weight excluding hydrogens is 164 g/mol. The molecule has 1 rings (SSSR count). The molecule has 0 bridgehead atoms. The van der Waals surface area contributed by atoms with Crippen LogP contribution >= 0.6 is 11.8 Å². The van der Waals surface area contributed by atoms with Crippen molar-refractivity contribution in [2.45, 2.75) is 25.5 Å². The van der Waals surface area contributed by atoms with Gasteiger partial charge in [-0.2, -0.15) is 11.8 Å². The third kappa shape index (κ3) is 3.82. The number of hydrogen-bond acceptors (Lipinski definition) is 1. The average Bonchev–Trinajstić information content (AvgIpc) is 2.14. The highest BCUT2D eigenvalue weighted by Gasteiger charge is 1.91. The predicted molar refractivity (Wildman–Crippen MR) is 56.3 cm³/mol. The Labute approximate surface area is 79.4 Å². The lowest BCUT2D eigenvalue weighted by Gasteiger charge is -1.99. The molecule has 0 atom stereocenters. The summed E-state index contributed by atoms with van der Waals surface area (Å²) in [6, 6.07) is 11.4. The molecule has 12 heavy (non-hydrogen) atoms. The van der Waals surface area contributed by atoms with Crippen molar-refractivity contribution < 1.29 is 0 Å². The number of thioether (sulfide) groups is 1. The minimum absolute atomic E-state index is 1.11. The summed E-state index contributed by atoms with van der Waals surface area (Å²) in [4.78, 5) is 0. The first-order chi connectivity index (χ1) is 5.93. The van der Waals surface area contributed by atoms with E-state index in [4.69, 9.17) is 0 Å². The lowest BCUT2D eigenvalue weighted by atomic mass is 10.2. The van der Waals surface area contributed by atoms with E-state index in [2.05, 4.69) is 25.1 Å². The van der Waals surface area contributed by atoms with Gasteiger partial charge in [0.1, 0.15) is 0 Å². The van der Waals surface area contributed by atoms with Crippen molar-refractivity contribution in [2.75, 3.05) is 5.75 Å². The molecule has 0 N–H and O–H groups in total. The number of hydrogen-bond donors (Lipinski definition) is 0. The summed E-state index contributed by atoms with van der Waals surface area (Å²) in [5.74, 6) is 2.39. The van der Waals surface area contributed by atoms with Crippen LogP contribution in [0.1, 0.15) is 25.3 Å². The van der Waals surface area contributed by atoms with Crippen LogP contribution in [0.15, 0.2) is 24.3 Å². The fourth-order valence-corrected chi connectivity index (χ4v) is 1.99. The van der Waals surface area contributed by atoms with Crippen molar-refractivity contribution in [1.29, 1.82) is 0 Å². The molecule has 0 aliphatic carbocycles. The lowest BCUT2D eigenvalue weighted by Crippen LogP contribution is -1.82. The molecular formula is C11H15S. The van der Waals surface area contributed by atoms with Gasteiger partial charge in [0.05, 0.1) is 0 Å². The van der Waals surface area contributed by atoms with E-state index >= 15 is 0 Å². The molecule has 0 fully saturated rings. The van der Waals surface area contributed by atoms with Crippen LogP contribution in [-0.4, -0.2) is 5.75 Å². The lowest BCUT2D eigenvalue weighted by molar-refractivity contribution is 0.896. The molecule has 0 saturated heterocycles.